The summed E-state index contributed by atoms with van der Waals surface area (Å²) in [6.07, 6.45) is 4.89. The van der Waals surface area contributed by atoms with Crippen LogP contribution >= 0.6 is 0 Å². The van der Waals surface area contributed by atoms with E-state index in [2.05, 4.69) is 13.8 Å². The van der Waals surface area contributed by atoms with Crippen LogP contribution in [0.15, 0.2) is 0 Å². The molecule has 0 unspecified atom stereocenters. The van der Waals surface area contributed by atoms with Gasteiger partial charge in [0.1, 0.15) is 0 Å². The van der Waals surface area contributed by atoms with Crippen molar-refractivity contribution in [1.82, 2.24) is 0 Å². The fourth-order valence-electron chi connectivity index (χ4n) is 0.524. The van der Waals surface area contributed by atoms with Crippen molar-refractivity contribution in [3.8, 4) is 0 Å². The van der Waals surface area contributed by atoms with Gasteiger partial charge >= 0.3 is 0 Å². The van der Waals surface area contributed by atoms with Crippen LogP contribution in [0.3, 0.4) is 0 Å². The van der Waals surface area contributed by atoms with Crippen LogP contribution in [0.1, 0.15) is 59.8 Å². The summed E-state index contributed by atoms with van der Waals surface area (Å²) in [6, 6.07) is 0. The maximum Gasteiger partial charge on any atom is 0.159 e. The zero-order valence-corrected chi connectivity index (χ0v) is 11.2. The molecule has 16 heavy (non-hydrogen) atoms. The molecular weight excluding hydrogens is 208 g/mol. The first-order valence-electron chi connectivity index (χ1n) is 6.17. The van der Waals surface area contributed by atoms with Crippen LogP contribution in [0, 0.1) is 0 Å². The lowest BCUT2D eigenvalue weighted by Gasteiger charge is -2.10. The third-order valence-electron chi connectivity index (χ3n) is 1.92. The Morgan fingerprint density at radius 2 is 1.19 bits per heavy atom. The van der Waals surface area contributed by atoms with Gasteiger partial charge in [-0.05, 0) is 26.2 Å². The van der Waals surface area contributed by atoms with Gasteiger partial charge in [0.05, 0.1) is 13.2 Å². The number of hydrogen-bond donors (Lipinski definition) is 2. The molecule has 0 atom stereocenters. The van der Waals surface area contributed by atoms with Crippen molar-refractivity contribution in [3.63, 3.8) is 0 Å². The number of hydrogen-bond acceptors (Lipinski definition) is 4. The SMILES string of the molecule is CCC(C)(O)O.CCCCOOCCCC. The van der Waals surface area contributed by atoms with Crippen molar-refractivity contribution in [1.29, 1.82) is 0 Å². The molecule has 0 aromatic carbocycles. The van der Waals surface area contributed by atoms with Crippen LogP contribution in [0.5, 0.6) is 0 Å². The summed E-state index contributed by atoms with van der Waals surface area (Å²) in [5.41, 5.74) is 0. The van der Waals surface area contributed by atoms with Gasteiger partial charge in [-0.1, -0.05) is 33.6 Å². The molecule has 0 rings (SSSR count). The number of aliphatic hydroxyl groups is 2. The van der Waals surface area contributed by atoms with Gasteiger partial charge < -0.3 is 10.2 Å². The van der Waals surface area contributed by atoms with E-state index in [1.807, 2.05) is 0 Å². The van der Waals surface area contributed by atoms with E-state index in [-0.39, 0.29) is 0 Å². The topological polar surface area (TPSA) is 58.9 Å². The van der Waals surface area contributed by atoms with Crippen molar-refractivity contribution < 1.29 is 20.0 Å². The van der Waals surface area contributed by atoms with Crippen molar-refractivity contribution in [2.24, 2.45) is 0 Å². The van der Waals surface area contributed by atoms with Crippen LogP contribution in [0.4, 0.5) is 0 Å². The Morgan fingerprint density at radius 1 is 0.875 bits per heavy atom. The Kier molecular flexibility index (Phi) is 14.7. The van der Waals surface area contributed by atoms with Crippen LogP contribution in [-0.2, 0) is 9.78 Å². The molecular formula is C12H28O4. The highest BCUT2D eigenvalue weighted by atomic mass is 17.2. The summed E-state index contributed by atoms with van der Waals surface area (Å²) in [4.78, 5) is 9.75. The molecule has 0 spiro atoms. The molecule has 0 bridgehead atoms. The second-order valence-corrected chi connectivity index (χ2v) is 3.92. The Labute approximate surface area is 99.5 Å². The normalized spacial score (nSPS) is 10.9. The fraction of sp³-hybridized carbons (Fsp3) is 1.00. The number of unbranched alkanes of at least 4 members (excludes halogenated alkanes) is 2. The van der Waals surface area contributed by atoms with Gasteiger partial charge in [-0.2, -0.15) is 0 Å². The van der Waals surface area contributed by atoms with Gasteiger partial charge in [0.2, 0.25) is 0 Å². The van der Waals surface area contributed by atoms with Crippen molar-refractivity contribution in [3.05, 3.63) is 0 Å². The Hall–Kier alpha value is -0.160. The minimum Gasteiger partial charge on any atom is -0.366 e. The summed E-state index contributed by atoms with van der Waals surface area (Å²) in [6.45, 7) is 8.80. The highest BCUT2D eigenvalue weighted by Gasteiger charge is 2.08. The zero-order chi connectivity index (χ0) is 12.9. The van der Waals surface area contributed by atoms with E-state index < -0.39 is 5.79 Å². The molecule has 0 aliphatic heterocycles. The van der Waals surface area contributed by atoms with E-state index in [9.17, 15) is 0 Å². The second-order valence-electron chi connectivity index (χ2n) is 3.92. The van der Waals surface area contributed by atoms with E-state index in [1.165, 1.54) is 6.92 Å². The van der Waals surface area contributed by atoms with E-state index >= 15 is 0 Å². The number of rotatable bonds is 8. The molecule has 0 aliphatic carbocycles. The van der Waals surface area contributed by atoms with Gasteiger partial charge in [0.15, 0.2) is 5.79 Å². The molecule has 2 N–H and O–H groups in total. The molecule has 0 heterocycles. The summed E-state index contributed by atoms with van der Waals surface area (Å²) < 4.78 is 0. The Bertz CT molecular complexity index is 113. The molecule has 0 aromatic heterocycles. The first-order valence-corrected chi connectivity index (χ1v) is 6.17. The lowest BCUT2D eigenvalue weighted by molar-refractivity contribution is -0.295. The highest BCUT2D eigenvalue weighted by molar-refractivity contribution is 4.47. The minimum atomic E-state index is -1.46. The molecule has 4 heteroatoms. The largest absolute Gasteiger partial charge is 0.366 e. The molecule has 0 aromatic rings. The summed E-state index contributed by atoms with van der Waals surface area (Å²) in [5.74, 6) is -1.46. The average Bonchev–Trinajstić information content (AvgIpc) is 2.23. The average molecular weight is 236 g/mol. The molecule has 4 nitrogen and oxygen atoms in total. The Morgan fingerprint density at radius 3 is 1.38 bits per heavy atom. The van der Waals surface area contributed by atoms with Crippen molar-refractivity contribution >= 4 is 0 Å². The van der Waals surface area contributed by atoms with E-state index in [1.54, 1.807) is 6.92 Å². The smallest absolute Gasteiger partial charge is 0.159 e. The Balaban J connectivity index is 0. The van der Waals surface area contributed by atoms with Gasteiger partial charge in [-0.25, -0.2) is 9.78 Å². The first-order chi connectivity index (χ1) is 7.47. The molecule has 100 valence electrons. The highest BCUT2D eigenvalue weighted by Crippen LogP contribution is 1.99. The molecule has 0 radical (unpaired) electrons. The van der Waals surface area contributed by atoms with Gasteiger partial charge in [-0.15, -0.1) is 0 Å². The summed E-state index contributed by atoms with van der Waals surface area (Å²) >= 11 is 0. The molecule has 0 saturated carbocycles. The minimum absolute atomic E-state index is 0.382. The third-order valence-corrected chi connectivity index (χ3v) is 1.92. The maximum absolute atomic E-state index is 8.38. The predicted molar refractivity (Wildman–Crippen MR) is 64.9 cm³/mol. The van der Waals surface area contributed by atoms with Crippen molar-refractivity contribution in [2.75, 3.05) is 13.2 Å². The van der Waals surface area contributed by atoms with Crippen LogP contribution in [-0.4, -0.2) is 29.2 Å². The van der Waals surface area contributed by atoms with E-state index in [4.69, 9.17) is 20.0 Å². The molecule has 0 fully saturated rings. The zero-order valence-electron chi connectivity index (χ0n) is 11.2. The summed E-state index contributed by atoms with van der Waals surface area (Å²) in [7, 11) is 0. The van der Waals surface area contributed by atoms with Gasteiger partial charge in [0.25, 0.3) is 0 Å². The van der Waals surface area contributed by atoms with Crippen LogP contribution in [0.2, 0.25) is 0 Å². The fourth-order valence-corrected chi connectivity index (χ4v) is 0.524. The van der Waals surface area contributed by atoms with E-state index in [0.717, 1.165) is 38.9 Å². The van der Waals surface area contributed by atoms with E-state index in [0.29, 0.717) is 6.42 Å². The third kappa shape index (κ3) is 23.6. The quantitative estimate of drug-likeness (QED) is 0.294. The second kappa shape index (κ2) is 12.9. The standard InChI is InChI=1S/C8H18O2.C4H10O2/c1-3-5-7-9-10-8-6-4-2;1-3-4(2,5)6/h3-8H2,1-2H3;5-6H,3H2,1-2H3. The lowest BCUT2D eigenvalue weighted by Crippen LogP contribution is -2.20. The summed E-state index contributed by atoms with van der Waals surface area (Å²) in [5, 5.41) is 16.8. The molecule has 0 amide bonds. The first kappa shape index (κ1) is 18.2. The maximum atomic E-state index is 8.38. The lowest BCUT2D eigenvalue weighted by atomic mass is 10.3. The molecule has 0 aliphatic rings. The van der Waals surface area contributed by atoms with Crippen LogP contribution < -0.4 is 0 Å². The predicted octanol–water partition coefficient (Wildman–Crippen LogP) is 2.63. The van der Waals surface area contributed by atoms with Crippen LogP contribution in [0.25, 0.3) is 0 Å². The van der Waals surface area contributed by atoms with Gasteiger partial charge in [0, 0.05) is 0 Å². The monoisotopic (exact) mass is 236 g/mol. The van der Waals surface area contributed by atoms with Gasteiger partial charge in [-0.3, -0.25) is 0 Å². The van der Waals surface area contributed by atoms with Crippen molar-refractivity contribution in [2.45, 2.75) is 65.6 Å². The molecule has 0 saturated heterocycles.